The van der Waals surface area contributed by atoms with Gasteiger partial charge in [-0.05, 0) is 26.8 Å². The maximum absolute atomic E-state index is 5.85. The Morgan fingerprint density at radius 2 is 2.04 bits per heavy atom. The zero-order chi connectivity index (χ0) is 17.4. The fraction of sp³-hybridized carbons (Fsp3) is 0.611. The van der Waals surface area contributed by atoms with Crippen LogP contribution in [0, 0.1) is 0 Å². The number of hydrogen-bond donors (Lipinski definition) is 2. The molecule has 0 spiro atoms. The first-order chi connectivity index (χ1) is 11.6. The first-order valence-electron chi connectivity index (χ1n) is 8.50. The van der Waals surface area contributed by atoms with Gasteiger partial charge < -0.3 is 24.8 Å². The molecule has 134 valence electrons. The SMILES string of the molecule is CCNC(=NCc1cccc2c1OCCCO2)NCC(C)(C)OC. The smallest absolute Gasteiger partial charge is 0.191 e. The average molecular weight is 335 g/mol. The molecule has 6 heteroatoms. The topological polar surface area (TPSA) is 64.1 Å². The van der Waals surface area contributed by atoms with Gasteiger partial charge in [0.25, 0.3) is 0 Å². The van der Waals surface area contributed by atoms with E-state index in [1.807, 2.05) is 39.0 Å². The van der Waals surface area contributed by atoms with Gasteiger partial charge in [0.15, 0.2) is 17.5 Å². The summed E-state index contributed by atoms with van der Waals surface area (Å²) in [6, 6.07) is 5.95. The number of ether oxygens (including phenoxy) is 3. The fourth-order valence-electron chi connectivity index (χ4n) is 2.25. The van der Waals surface area contributed by atoms with E-state index < -0.39 is 0 Å². The van der Waals surface area contributed by atoms with Crippen LogP contribution in [0.25, 0.3) is 0 Å². The summed E-state index contributed by atoms with van der Waals surface area (Å²) >= 11 is 0. The van der Waals surface area contributed by atoms with E-state index in [0.717, 1.165) is 36.0 Å². The van der Waals surface area contributed by atoms with Gasteiger partial charge >= 0.3 is 0 Å². The third kappa shape index (κ3) is 5.30. The minimum Gasteiger partial charge on any atom is -0.490 e. The summed E-state index contributed by atoms with van der Waals surface area (Å²) < 4.78 is 17.0. The van der Waals surface area contributed by atoms with Gasteiger partial charge in [-0.3, -0.25) is 0 Å². The molecule has 6 nitrogen and oxygen atoms in total. The van der Waals surface area contributed by atoms with Crippen molar-refractivity contribution < 1.29 is 14.2 Å². The van der Waals surface area contributed by atoms with Crippen LogP contribution in [-0.2, 0) is 11.3 Å². The summed E-state index contributed by atoms with van der Waals surface area (Å²) in [4.78, 5) is 4.66. The number of para-hydroxylation sites is 1. The van der Waals surface area contributed by atoms with Crippen molar-refractivity contribution in [2.24, 2.45) is 4.99 Å². The van der Waals surface area contributed by atoms with Crippen molar-refractivity contribution in [3.05, 3.63) is 23.8 Å². The summed E-state index contributed by atoms with van der Waals surface area (Å²) in [5.74, 6) is 2.38. The van der Waals surface area contributed by atoms with Gasteiger partial charge in [0.2, 0.25) is 0 Å². The molecule has 1 aromatic carbocycles. The third-order valence-electron chi connectivity index (χ3n) is 3.84. The molecule has 2 N–H and O–H groups in total. The van der Waals surface area contributed by atoms with Crippen LogP contribution in [0.1, 0.15) is 32.8 Å². The van der Waals surface area contributed by atoms with Crippen molar-refractivity contribution in [2.75, 3.05) is 33.4 Å². The highest BCUT2D eigenvalue weighted by Crippen LogP contribution is 2.33. The van der Waals surface area contributed by atoms with Crippen molar-refractivity contribution in [3.8, 4) is 11.5 Å². The van der Waals surface area contributed by atoms with Crippen molar-refractivity contribution >= 4 is 5.96 Å². The van der Waals surface area contributed by atoms with Crippen LogP contribution in [0.4, 0.5) is 0 Å². The highest BCUT2D eigenvalue weighted by molar-refractivity contribution is 5.79. The third-order valence-corrected chi connectivity index (χ3v) is 3.84. The largest absolute Gasteiger partial charge is 0.490 e. The summed E-state index contributed by atoms with van der Waals surface area (Å²) in [7, 11) is 1.71. The van der Waals surface area contributed by atoms with Crippen molar-refractivity contribution in [1.29, 1.82) is 0 Å². The second-order valence-corrected chi connectivity index (χ2v) is 6.31. The number of guanidine groups is 1. The number of rotatable bonds is 6. The Hall–Kier alpha value is -1.95. The molecule has 0 atom stereocenters. The molecule has 0 amide bonds. The molecule has 0 fully saturated rings. The number of aliphatic imine (C=N–C) groups is 1. The minimum absolute atomic E-state index is 0.253. The average Bonchev–Trinajstić information content (AvgIpc) is 2.83. The maximum atomic E-state index is 5.85. The van der Waals surface area contributed by atoms with Crippen LogP contribution in [0.2, 0.25) is 0 Å². The maximum Gasteiger partial charge on any atom is 0.191 e. The lowest BCUT2D eigenvalue weighted by Gasteiger charge is -2.24. The molecule has 1 aliphatic heterocycles. The van der Waals surface area contributed by atoms with Gasteiger partial charge in [-0.2, -0.15) is 0 Å². The van der Waals surface area contributed by atoms with Crippen LogP contribution in [0.5, 0.6) is 11.5 Å². The molecule has 1 aliphatic rings. The Balaban J connectivity index is 2.08. The predicted molar refractivity (Wildman–Crippen MR) is 96.0 cm³/mol. The molecule has 0 aliphatic carbocycles. The molecule has 2 rings (SSSR count). The van der Waals surface area contributed by atoms with E-state index in [2.05, 4.69) is 15.6 Å². The van der Waals surface area contributed by atoms with E-state index in [4.69, 9.17) is 14.2 Å². The summed E-state index contributed by atoms with van der Waals surface area (Å²) in [5, 5.41) is 6.57. The summed E-state index contributed by atoms with van der Waals surface area (Å²) in [6.45, 7) is 9.47. The molecule has 0 aromatic heterocycles. The van der Waals surface area contributed by atoms with Crippen molar-refractivity contribution in [1.82, 2.24) is 10.6 Å². The monoisotopic (exact) mass is 335 g/mol. The Labute approximate surface area is 144 Å². The minimum atomic E-state index is -0.253. The van der Waals surface area contributed by atoms with E-state index in [1.54, 1.807) is 7.11 Å². The van der Waals surface area contributed by atoms with Crippen LogP contribution < -0.4 is 20.1 Å². The van der Waals surface area contributed by atoms with Crippen LogP contribution in [0.15, 0.2) is 23.2 Å². The van der Waals surface area contributed by atoms with Gasteiger partial charge in [-0.15, -0.1) is 0 Å². The lowest BCUT2D eigenvalue weighted by Crippen LogP contribution is -2.45. The summed E-state index contributed by atoms with van der Waals surface area (Å²) in [5.41, 5.74) is 0.773. The fourth-order valence-corrected chi connectivity index (χ4v) is 2.25. The molecular formula is C18H29N3O3. The predicted octanol–water partition coefficient (Wildman–Crippen LogP) is 2.33. The van der Waals surface area contributed by atoms with E-state index in [1.165, 1.54) is 0 Å². The van der Waals surface area contributed by atoms with E-state index in [-0.39, 0.29) is 5.60 Å². The molecule has 24 heavy (non-hydrogen) atoms. The zero-order valence-electron chi connectivity index (χ0n) is 15.1. The second kappa shape index (κ2) is 8.78. The summed E-state index contributed by atoms with van der Waals surface area (Å²) in [6.07, 6.45) is 0.897. The molecule has 0 radical (unpaired) electrons. The Kier molecular flexibility index (Phi) is 6.73. The van der Waals surface area contributed by atoms with Crippen LogP contribution in [0.3, 0.4) is 0 Å². The van der Waals surface area contributed by atoms with Crippen molar-refractivity contribution in [2.45, 2.75) is 39.3 Å². The van der Waals surface area contributed by atoms with Gasteiger partial charge in [0.05, 0.1) is 25.4 Å². The molecule has 0 bridgehead atoms. The lowest BCUT2D eigenvalue weighted by atomic mass is 10.1. The highest BCUT2D eigenvalue weighted by atomic mass is 16.5. The van der Waals surface area contributed by atoms with Gasteiger partial charge in [-0.25, -0.2) is 4.99 Å². The molecular weight excluding hydrogens is 306 g/mol. The zero-order valence-corrected chi connectivity index (χ0v) is 15.1. The molecule has 1 aromatic rings. The van der Waals surface area contributed by atoms with E-state index in [0.29, 0.717) is 26.3 Å². The Bertz CT molecular complexity index is 558. The second-order valence-electron chi connectivity index (χ2n) is 6.31. The van der Waals surface area contributed by atoms with Gasteiger partial charge in [0, 0.05) is 32.2 Å². The quantitative estimate of drug-likeness (QED) is 0.617. The van der Waals surface area contributed by atoms with Crippen LogP contribution in [-0.4, -0.2) is 45.0 Å². The number of nitrogens with zero attached hydrogens (tertiary/aromatic N) is 1. The standard InChI is InChI=1S/C18H29N3O3/c1-5-19-17(21-13-18(2,3)22-4)20-12-14-8-6-9-15-16(14)24-11-7-10-23-15/h6,8-9H,5,7,10-13H2,1-4H3,(H2,19,20,21). The van der Waals surface area contributed by atoms with E-state index >= 15 is 0 Å². The first kappa shape index (κ1) is 18.4. The number of hydrogen-bond acceptors (Lipinski definition) is 4. The van der Waals surface area contributed by atoms with Crippen LogP contribution >= 0.6 is 0 Å². The highest BCUT2D eigenvalue weighted by Gasteiger charge is 2.17. The number of methoxy groups -OCH3 is 1. The number of nitrogens with one attached hydrogen (secondary N) is 2. The lowest BCUT2D eigenvalue weighted by molar-refractivity contribution is 0.0268. The molecule has 1 heterocycles. The Morgan fingerprint density at radius 1 is 1.25 bits per heavy atom. The number of benzene rings is 1. The Morgan fingerprint density at radius 3 is 2.79 bits per heavy atom. The molecule has 0 saturated heterocycles. The normalized spacial score (nSPS) is 14.9. The first-order valence-corrected chi connectivity index (χ1v) is 8.50. The number of fused-ring (bicyclic) bond motifs is 1. The molecule has 0 unspecified atom stereocenters. The van der Waals surface area contributed by atoms with Gasteiger partial charge in [0.1, 0.15) is 0 Å². The van der Waals surface area contributed by atoms with Crippen molar-refractivity contribution in [3.63, 3.8) is 0 Å². The molecule has 0 saturated carbocycles. The van der Waals surface area contributed by atoms with Gasteiger partial charge in [-0.1, -0.05) is 12.1 Å². The van der Waals surface area contributed by atoms with E-state index in [9.17, 15) is 0 Å².